The van der Waals surface area contributed by atoms with Crippen molar-refractivity contribution in [3.8, 4) is 0 Å². The number of nitrogens with zero attached hydrogens (tertiary/aromatic N) is 1. The highest BCUT2D eigenvalue weighted by Gasteiger charge is 2.25. The van der Waals surface area contributed by atoms with Crippen LogP contribution in [0.3, 0.4) is 0 Å². The fourth-order valence-corrected chi connectivity index (χ4v) is 2.94. The standard InChI is InChI=1S/C15H21BrN2O2/c16-12-5-7-13(8-6-12)17-15(20)11-18-9-1-3-14(18)4-2-10-19/h5-8,14,19H,1-4,9-11H2,(H,17,20). The maximum Gasteiger partial charge on any atom is 0.238 e. The van der Waals surface area contributed by atoms with Crippen molar-refractivity contribution in [3.05, 3.63) is 28.7 Å². The second-order valence-corrected chi connectivity index (χ2v) is 6.10. The van der Waals surface area contributed by atoms with E-state index < -0.39 is 0 Å². The Morgan fingerprint density at radius 2 is 2.15 bits per heavy atom. The van der Waals surface area contributed by atoms with Crippen molar-refractivity contribution in [2.45, 2.75) is 31.7 Å². The lowest BCUT2D eigenvalue weighted by Crippen LogP contribution is -2.36. The Kier molecular flexibility index (Phi) is 6.01. The van der Waals surface area contributed by atoms with Crippen molar-refractivity contribution >= 4 is 27.5 Å². The smallest absolute Gasteiger partial charge is 0.238 e. The molecule has 1 saturated heterocycles. The minimum atomic E-state index is 0.0308. The minimum Gasteiger partial charge on any atom is -0.396 e. The number of amides is 1. The minimum absolute atomic E-state index is 0.0308. The number of likely N-dealkylation sites (tertiary alicyclic amines) is 1. The van der Waals surface area contributed by atoms with Crippen molar-refractivity contribution in [1.82, 2.24) is 4.90 Å². The molecule has 1 atom stereocenters. The largest absolute Gasteiger partial charge is 0.396 e. The molecule has 2 rings (SSSR count). The summed E-state index contributed by atoms with van der Waals surface area (Å²) in [5, 5.41) is 11.8. The van der Waals surface area contributed by atoms with Gasteiger partial charge in [0.1, 0.15) is 0 Å². The third kappa shape index (κ3) is 4.58. The molecule has 1 amide bonds. The molecule has 1 aliphatic rings. The van der Waals surface area contributed by atoms with E-state index in [-0.39, 0.29) is 12.5 Å². The Hall–Kier alpha value is -0.910. The van der Waals surface area contributed by atoms with E-state index in [0.717, 1.165) is 42.4 Å². The molecule has 2 N–H and O–H groups in total. The van der Waals surface area contributed by atoms with E-state index in [2.05, 4.69) is 26.1 Å². The number of hydrogen-bond acceptors (Lipinski definition) is 3. The van der Waals surface area contributed by atoms with Gasteiger partial charge in [-0.1, -0.05) is 15.9 Å². The van der Waals surface area contributed by atoms with Gasteiger partial charge in [0, 0.05) is 22.8 Å². The molecule has 1 aromatic carbocycles. The van der Waals surface area contributed by atoms with E-state index in [4.69, 9.17) is 5.11 Å². The van der Waals surface area contributed by atoms with E-state index in [1.165, 1.54) is 0 Å². The maximum atomic E-state index is 12.1. The first kappa shape index (κ1) is 15.5. The van der Waals surface area contributed by atoms with Crippen molar-refractivity contribution in [2.75, 3.05) is 25.0 Å². The Balaban J connectivity index is 1.82. The lowest BCUT2D eigenvalue weighted by atomic mass is 10.1. The first-order chi connectivity index (χ1) is 9.69. The van der Waals surface area contributed by atoms with Crippen LogP contribution in [0.5, 0.6) is 0 Å². The summed E-state index contributed by atoms with van der Waals surface area (Å²) in [7, 11) is 0. The summed E-state index contributed by atoms with van der Waals surface area (Å²) >= 11 is 3.37. The summed E-state index contributed by atoms with van der Waals surface area (Å²) in [6.07, 6.45) is 4.06. The Labute approximate surface area is 128 Å². The van der Waals surface area contributed by atoms with Crippen molar-refractivity contribution in [1.29, 1.82) is 0 Å². The summed E-state index contributed by atoms with van der Waals surface area (Å²) in [4.78, 5) is 14.3. The number of carbonyl (C=O) groups excluding carboxylic acids is 1. The molecule has 0 aromatic heterocycles. The summed E-state index contributed by atoms with van der Waals surface area (Å²) in [5.74, 6) is 0.0308. The van der Waals surface area contributed by atoms with Gasteiger partial charge in [0.15, 0.2) is 0 Å². The fourth-order valence-electron chi connectivity index (χ4n) is 2.68. The van der Waals surface area contributed by atoms with Crippen molar-refractivity contribution in [3.63, 3.8) is 0 Å². The molecule has 1 fully saturated rings. The van der Waals surface area contributed by atoms with Gasteiger partial charge in [0.25, 0.3) is 0 Å². The zero-order valence-electron chi connectivity index (χ0n) is 11.5. The number of anilines is 1. The van der Waals surface area contributed by atoms with Crippen LogP contribution < -0.4 is 5.32 Å². The van der Waals surface area contributed by atoms with Crippen LogP contribution in [0.1, 0.15) is 25.7 Å². The van der Waals surface area contributed by atoms with Crippen LogP contribution in [0.25, 0.3) is 0 Å². The topological polar surface area (TPSA) is 52.6 Å². The summed E-state index contributed by atoms with van der Waals surface area (Å²) in [6, 6.07) is 8.04. The van der Waals surface area contributed by atoms with Gasteiger partial charge >= 0.3 is 0 Å². The normalized spacial score (nSPS) is 19.2. The number of rotatable bonds is 6. The van der Waals surface area contributed by atoms with Crippen LogP contribution in [0.15, 0.2) is 28.7 Å². The highest BCUT2D eigenvalue weighted by atomic mass is 79.9. The summed E-state index contributed by atoms with van der Waals surface area (Å²) in [5.41, 5.74) is 0.823. The molecule has 1 aliphatic heterocycles. The fraction of sp³-hybridized carbons (Fsp3) is 0.533. The Morgan fingerprint density at radius 1 is 1.40 bits per heavy atom. The average molecular weight is 341 g/mol. The van der Waals surface area contributed by atoms with Gasteiger partial charge in [0.05, 0.1) is 6.54 Å². The molecular formula is C15H21BrN2O2. The average Bonchev–Trinajstić information content (AvgIpc) is 2.86. The Morgan fingerprint density at radius 3 is 2.85 bits per heavy atom. The lowest BCUT2D eigenvalue weighted by molar-refractivity contribution is -0.117. The predicted molar refractivity (Wildman–Crippen MR) is 83.7 cm³/mol. The molecule has 0 saturated carbocycles. The molecule has 1 unspecified atom stereocenters. The van der Waals surface area contributed by atoms with Gasteiger partial charge in [-0.2, -0.15) is 0 Å². The third-order valence-electron chi connectivity index (χ3n) is 3.67. The number of aliphatic hydroxyl groups is 1. The molecule has 0 bridgehead atoms. The zero-order valence-corrected chi connectivity index (χ0v) is 13.1. The number of benzene rings is 1. The monoisotopic (exact) mass is 340 g/mol. The van der Waals surface area contributed by atoms with Gasteiger partial charge in [0.2, 0.25) is 5.91 Å². The molecule has 0 spiro atoms. The SMILES string of the molecule is O=C(CN1CCCC1CCCO)Nc1ccc(Br)cc1. The van der Waals surface area contributed by atoms with E-state index in [0.29, 0.717) is 12.6 Å². The Bertz CT molecular complexity index is 436. The number of carbonyl (C=O) groups is 1. The molecule has 1 heterocycles. The van der Waals surface area contributed by atoms with Crippen molar-refractivity contribution in [2.24, 2.45) is 0 Å². The van der Waals surface area contributed by atoms with Crippen LogP contribution in [-0.2, 0) is 4.79 Å². The molecule has 1 aromatic rings. The van der Waals surface area contributed by atoms with Crippen molar-refractivity contribution < 1.29 is 9.90 Å². The third-order valence-corrected chi connectivity index (χ3v) is 4.20. The highest BCUT2D eigenvalue weighted by molar-refractivity contribution is 9.10. The van der Waals surface area contributed by atoms with Gasteiger partial charge in [-0.05, 0) is 56.5 Å². The first-order valence-electron chi connectivity index (χ1n) is 7.09. The number of aliphatic hydroxyl groups excluding tert-OH is 1. The molecule has 110 valence electrons. The van der Waals surface area contributed by atoms with Gasteiger partial charge in [-0.25, -0.2) is 0 Å². The summed E-state index contributed by atoms with van der Waals surface area (Å²) in [6.45, 7) is 1.64. The zero-order chi connectivity index (χ0) is 14.4. The molecule has 0 aliphatic carbocycles. The van der Waals surface area contributed by atoms with Gasteiger partial charge < -0.3 is 10.4 Å². The molecule has 0 radical (unpaired) electrons. The van der Waals surface area contributed by atoms with E-state index in [9.17, 15) is 4.79 Å². The van der Waals surface area contributed by atoms with E-state index in [1.807, 2.05) is 24.3 Å². The van der Waals surface area contributed by atoms with E-state index >= 15 is 0 Å². The maximum absolute atomic E-state index is 12.1. The summed E-state index contributed by atoms with van der Waals surface area (Å²) < 4.78 is 0.999. The lowest BCUT2D eigenvalue weighted by Gasteiger charge is -2.23. The highest BCUT2D eigenvalue weighted by Crippen LogP contribution is 2.21. The molecule has 5 heteroatoms. The van der Waals surface area contributed by atoms with Gasteiger partial charge in [-0.15, -0.1) is 0 Å². The van der Waals surface area contributed by atoms with Gasteiger partial charge in [-0.3, -0.25) is 9.69 Å². The second kappa shape index (κ2) is 7.76. The van der Waals surface area contributed by atoms with Crippen LogP contribution in [0.2, 0.25) is 0 Å². The molecule has 4 nitrogen and oxygen atoms in total. The van der Waals surface area contributed by atoms with E-state index in [1.54, 1.807) is 0 Å². The number of hydrogen-bond donors (Lipinski definition) is 2. The van der Waals surface area contributed by atoms with Crippen LogP contribution in [0, 0.1) is 0 Å². The second-order valence-electron chi connectivity index (χ2n) is 5.19. The first-order valence-corrected chi connectivity index (χ1v) is 7.88. The quantitative estimate of drug-likeness (QED) is 0.836. The van der Waals surface area contributed by atoms with Crippen LogP contribution in [0.4, 0.5) is 5.69 Å². The molecular weight excluding hydrogens is 320 g/mol. The van der Waals surface area contributed by atoms with Crippen LogP contribution in [-0.4, -0.2) is 41.7 Å². The predicted octanol–water partition coefficient (Wildman–Crippen LogP) is 2.62. The molecule has 20 heavy (non-hydrogen) atoms. The van der Waals surface area contributed by atoms with Crippen LogP contribution >= 0.6 is 15.9 Å². The number of halogens is 1. The number of nitrogens with one attached hydrogen (secondary N) is 1.